The average Bonchev–Trinajstić information content (AvgIpc) is 2.57. The van der Waals surface area contributed by atoms with Gasteiger partial charge in [0.25, 0.3) is 5.91 Å². The topological polar surface area (TPSA) is 85.2 Å². The predicted octanol–water partition coefficient (Wildman–Crippen LogP) is 4.28. The van der Waals surface area contributed by atoms with Crippen molar-refractivity contribution in [3.05, 3.63) is 65.4 Å². The van der Waals surface area contributed by atoms with Crippen LogP contribution in [0.25, 0.3) is 0 Å². The van der Waals surface area contributed by atoms with Gasteiger partial charge in [0, 0.05) is 11.9 Å². The van der Waals surface area contributed by atoms with Crippen LogP contribution in [0.2, 0.25) is 0 Å². The number of carbonyl (C=O) groups excluding carboxylic acids is 1. The monoisotopic (exact) mass is 335 g/mol. The molecule has 0 aliphatic heterocycles. The molecule has 1 amide bonds. The Balaban J connectivity index is 2.08. The average molecular weight is 335 g/mol. The van der Waals surface area contributed by atoms with Crippen molar-refractivity contribution in [1.82, 2.24) is 0 Å². The smallest absolute Gasteiger partial charge is 0.267 e. The van der Waals surface area contributed by atoms with Gasteiger partial charge >= 0.3 is 0 Å². The van der Waals surface area contributed by atoms with Crippen LogP contribution in [0.5, 0.6) is 5.75 Å². The van der Waals surface area contributed by atoms with Crippen LogP contribution in [-0.2, 0) is 4.79 Å². The Morgan fingerprint density at radius 1 is 1.20 bits per heavy atom. The van der Waals surface area contributed by atoms with E-state index in [1.165, 1.54) is 11.8 Å². The molecule has 2 rings (SSSR count). The molecule has 2 aromatic carbocycles. The minimum atomic E-state index is -0.515. The lowest BCUT2D eigenvalue weighted by molar-refractivity contribution is -0.112. The first-order chi connectivity index (χ1) is 11.9. The fourth-order valence-corrected chi connectivity index (χ4v) is 2.21. The Labute approximate surface area is 147 Å². The van der Waals surface area contributed by atoms with Gasteiger partial charge in [0.05, 0.1) is 5.69 Å². The maximum absolute atomic E-state index is 12.2. The number of rotatable bonds is 5. The second kappa shape index (κ2) is 8.02. The van der Waals surface area contributed by atoms with Crippen molar-refractivity contribution in [2.24, 2.45) is 0 Å². The lowest BCUT2D eigenvalue weighted by Crippen LogP contribution is -2.14. The van der Waals surface area contributed by atoms with Crippen LogP contribution in [-0.4, -0.2) is 11.0 Å². The van der Waals surface area contributed by atoms with Crippen LogP contribution in [0.4, 0.5) is 11.4 Å². The quantitative estimate of drug-likeness (QED) is 0.432. The van der Waals surface area contributed by atoms with Gasteiger partial charge in [-0.3, -0.25) is 4.79 Å². The number of phenols is 1. The van der Waals surface area contributed by atoms with Crippen LogP contribution in [0.3, 0.4) is 0 Å². The number of carbonyl (C=O) groups is 1. The molecule has 3 N–H and O–H groups in total. The summed E-state index contributed by atoms with van der Waals surface area (Å²) in [5, 5.41) is 24.5. The number of phenolic OH excluding ortho intramolecular Hbond substituents is 1. The first-order valence-electron chi connectivity index (χ1n) is 7.98. The number of benzene rings is 2. The molecule has 0 saturated carbocycles. The summed E-state index contributed by atoms with van der Waals surface area (Å²) < 4.78 is 0. The third kappa shape index (κ3) is 4.85. The van der Waals surface area contributed by atoms with Gasteiger partial charge in [0.2, 0.25) is 0 Å². The number of aryl methyl sites for hydroxylation is 1. The second-order valence-electron chi connectivity index (χ2n) is 6.07. The number of amides is 1. The summed E-state index contributed by atoms with van der Waals surface area (Å²) in [4.78, 5) is 12.2. The highest BCUT2D eigenvalue weighted by atomic mass is 16.3. The molecule has 0 radical (unpaired) electrons. The number of aromatic hydroxyl groups is 1. The van der Waals surface area contributed by atoms with Crippen molar-refractivity contribution >= 4 is 17.3 Å². The number of hydrogen-bond acceptors (Lipinski definition) is 4. The van der Waals surface area contributed by atoms with E-state index in [1.807, 2.05) is 43.3 Å². The van der Waals surface area contributed by atoms with Crippen molar-refractivity contribution in [2.45, 2.75) is 26.7 Å². The molecule has 128 valence electrons. The van der Waals surface area contributed by atoms with Gasteiger partial charge in [-0.2, -0.15) is 5.26 Å². The number of hydrogen-bond donors (Lipinski definition) is 3. The van der Waals surface area contributed by atoms with E-state index in [9.17, 15) is 15.2 Å². The van der Waals surface area contributed by atoms with E-state index in [-0.39, 0.29) is 11.3 Å². The molecule has 0 aliphatic rings. The van der Waals surface area contributed by atoms with E-state index >= 15 is 0 Å². The molecule has 0 aliphatic carbocycles. The summed E-state index contributed by atoms with van der Waals surface area (Å²) in [5.41, 5.74) is 3.04. The Morgan fingerprint density at radius 2 is 1.88 bits per heavy atom. The molecule has 25 heavy (non-hydrogen) atoms. The molecule has 0 aromatic heterocycles. The van der Waals surface area contributed by atoms with E-state index < -0.39 is 5.91 Å². The molecule has 0 bridgehead atoms. The van der Waals surface area contributed by atoms with E-state index in [2.05, 4.69) is 24.5 Å². The summed E-state index contributed by atoms with van der Waals surface area (Å²) in [7, 11) is 0. The first kappa shape index (κ1) is 18.1. The third-order valence-electron chi connectivity index (χ3n) is 3.73. The molecule has 0 saturated heterocycles. The van der Waals surface area contributed by atoms with Crippen molar-refractivity contribution in [3.63, 3.8) is 0 Å². The largest absolute Gasteiger partial charge is 0.506 e. The highest BCUT2D eigenvalue weighted by Crippen LogP contribution is 2.24. The van der Waals surface area contributed by atoms with Gasteiger partial charge in [0.15, 0.2) is 0 Å². The molecular formula is C20H21N3O2. The molecule has 0 heterocycles. The zero-order valence-electron chi connectivity index (χ0n) is 14.5. The molecule has 0 unspecified atom stereocenters. The lowest BCUT2D eigenvalue weighted by atomic mass is 10.0. The predicted molar refractivity (Wildman–Crippen MR) is 99.3 cm³/mol. The van der Waals surface area contributed by atoms with Crippen molar-refractivity contribution in [3.8, 4) is 11.8 Å². The summed E-state index contributed by atoms with van der Waals surface area (Å²) >= 11 is 0. The van der Waals surface area contributed by atoms with Crippen LogP contribution in [0.1, 0.15) is 30.9 Å². The summed E-state index contributed by atoms with van der Waals surface area (Å²) in [6, 6.07) is 14.5. The van der Waals surface area contributed by atoms with Crippen LogP contribution in [0, 0.1) is 18.3 Å². The van der Waals surface area contributed by atoms with E-state index in [0.717, 1.165) is 5.56 Å². The maximum atomic E-state index is 12.2. The van der Waals surface area contributed by atoms with Crippen LogP contribution < -0.4 is 10.6 Å². The molecular weight excluding hydrogens is 314 g/mol. The third-order valence-corrected chi connectivity index (χ3v) is 3.73. The molecule has 0 fully saturated rings. The Kier molecular flexibility index (Phi) is 5.80. The van der Waals surface area contributed by atoms with Gasteiger partial charge in [-0.05, 0) is 48.2 Å². The Bertz CT molecular complexity index is 831. The zero-order chi connectivity index (χ0) is 18.4. The summed E-state index contributed by atoms with van der Waals surface area (Å²) in [6.45, 7) is 6.05. The number of nitriles is 1. The summed E-state index contributed by atoms with van der Waals surface area (Å²) in [6.07, 6.45) is 1.28. The van der Waals surface area contributed by atoms with Gasteiger partial charge in [-0.15, -0.1) is 0 Å². The van der Waals surface area contributed by atoms with Crippen molar-refractivity contribution < 1.29 is 9.90 Å². The Hall–Kier alpha value is -3.26. The van der Waals surface area contributed by atoms with Gasteiger partial charge in [0.1, 0.15) is 17.4 Å². The first-order valence-corrected chi connectivity index (χ1v) is 7.98. The van der Waals surface area contributed by atoms with Gasteiger partial charge in [-0.25, -0.2) is 0 Å². The maximum Gasteiger partial charge on any atom is 0.267 e. The fraction of sp³-hybridized carbons (Fsp3) is 0.200. The highest BCUT2D eigenvalue weighted by Gasteiger charge is 2.10. The zero-order valence-corrected chi connectivity index (χ0v) is 14.5. The van der Waals surface area contributed by atoms with Gasteiger partial charge in [-0.1, -0.05) is 32.0 Å². The molecule has 0 atom stereocenters. The van der Waals surface area contributed by atoms with E-state index in [0.29, 0.717) is 17.3 Å². The molecule has 0 spiro atoms. The van der Waals surface area contributed by atoms with E-state index in [1.54, 1.807) is 12.1 Å². The van der Waals surface area contributed by atoms with Gasteiger partial charge < -0.3 is 15.7 Å². The van der Waals surface area contributed by atoms with Crippen molar-refractivity contribution in [1.29, 1.82) is 5.26 Å². The molecule has 5 heteroatoms. The molecule has 5 nitrogen and oxygen atoms in total. The highest BCUT2D eigenvalue weighted by molar-refractivity contribution is 6.06. The second-order valence-corrected chi connectivity index (χ2v) is 6.07. The van der Waals surface area contributed by atoms with E-state index in [4.69, 9.17) is 0 Å². The van der Waals surface area contributed by atoms with Crippen LogP contribution >= 0.6 is 0 Å². The summed E-state index contributed by atoms with van der Waals surface area (Å²) in [5.74, 6) is -0.0529. The van der Waals surface area contributed by atoms with Crippen LogP contribution in [0.15, 0.2) is 54.2 Å². The fourth-order valence-electron chi connectivity index (χ4n) is 2.21. The normalized spacial score (nSPS) is 11.1. The Morgan fingerprint density at radius 3 is 2.44 bits per heavy atom. The SMILES string of the molecule is Cc1ccc(N/C=C(/C#N)C(=O)Nc2ccc(C(C)C)cc2)c(O)c1. The minimum Gasteiger partial charge on any atom is -0.506 e. The standard InChI is InChI=1S/C20H21N3O2/c1-13(2)15-5-7-17(8-6-15)23-20(25)16(11-21)12-22-18-9-4-14(3)10-19(18)24/h4-10,12-13,22,24H,1-3H3,(H,23,25)/b16-12-. The lowest BCUT2D eigenvalue weighted by Gasteiger charge is -2.09. The number of anilines is 2. The minimum absolute atomic E-state index is 0.0539. The number of nitrogens with one attached hydrogen (secondary N) is 2. The molecule has 2 aromatic rings. The number of nitrogens with zero attached hydrogens (tertiary/aromatic N) is 1. The van der Waals surface area contributed by atoms with Crippen molar-refractivity contribution in [2.75, 3.05) is 10.6 Å².